The zero-order valence-corrected chi connectivity index (χ0v) is 17.2. The highest BCUT2D eigenvalue weighted by Gasteiger charge is 2.27. The molecule has 29 heavy (non-hydrogen) atoms. The van der Waals surface area contributed by atoms with Gasteiger partial charge in [0, 0.05) is 23.6 Å². The summed E-state index contributed by atoms with van der Waals surface area (Å²) < 4.78 is 20.8. The molecule has 0 fully saturated rings. The van der Waals surface area contributed by atoms with Crippen LogP contribution in [0.4, 0.5) is 10.1 Å². The number of benzene rings is 2. The molecule has 0 aliphatic carbocycles. The van der Waals surface area contributed by atoms with Crippen LogP contribution in [0.15, 0.2) is 41.5 Å². The van der Waals surface area contributed by atoms with Crippen LogP contribution >= 0.6 is 11.6 Å². The second-order valence-electron chi connectivity index (χ2n) is 7.09. The first-order valence-electron chi connectivity index (χ1n) is 9.62. The van der Waals surface area contributed by atoms with Crippen molar-refractivity contribution < 1.29 is 19.0 Å². The largest absolute Gasteiger partial charge is 0.488 e. The third-order valence-electron chi connectivity index (χ3n) is 4.94. The van der Waals surface area contributed by atoms with E-state index < -0.39 is 11.8 Å². The lowest BCUT2D eigenvalue weighted by Crippen LogP contribution is -2.32. The Hall–Kier alpha value is -2.60. The molecule has 1 heterocycles. The van der Waals surface area contributed by atoms with Crippen LogP contribution in [0.1, 0.15) is 37.8 Å². The standard InChI is InChI=1S/C22H24ClFN2O3/c1-3-19-15(5-11-21(27)28)4-10-20(22(19)24)29-13-18-12-14(2)25-26(18)17-8-6-16(23)7-9-17/h4,6-10,18H,3,5,11-13H2,1-2H3,(H,27,28). The first-order chi connectivity index (χ1) is 13.9. The minimum atomic E-state index is -0.897. The van der Waals surface area contributed by atoms with E-state index in [0.29, 0.717) is 29.0 Å². The molecule has 7 heteroatoms. The molecule has 0 aromatic heterocycles. The van der Waals surface area contributed by atoms with Crippen molar-refractivity contribution in [1.29, 1.82) is 0 Å². The summed E-state index contributed by atoms with van der Waals surface area (Å²) in [5, 5.41) is 16.0. The second kappa shape index (κ2) is 9.27. The first kappa shape index (κ1) is 21.1. The Morgan fingerprint density at radius 1 is 1.31 bits per heavy atom. The highest BCUT2D eigenvalue weighted by atomic mass is 35.5. The maximum atomic E-state index is 14.9. The van der Waals surface area contributed by atoms with Crippen LogP contribution in [0.3, 0.4) is 0 Å². The molecule has 1 unspecified atom stereocenters. The van der Waals surface area contributed by atoms with Crippen LogP contribution < -0.4 is 9.75 Å². The molecule has 0 spiro atoms. The first-order valence-corrected chi connectivity index (χ1v) is 10.0. The maximum Gasteiger partial charge on any atom is 0.303 e. The number of halogens is 2. The summed E-state index contributed by atoms with van der Waals surface area (Å²) >= 11 is 5.97. The van der Waals surface area contributed by atoms with Crippen molar-refractivity contribution in [3.05, 3.63) is 58.4 Å². The van der Waals surface area contributed by atoms with Crippen molar-refractivity contribution in [2.45, 2.75) is 45.6 Å². The molecule has 2 aromatic rings. The van der Waals surface area contributed by atoms with Gasteiger partial charge in [0.15, 0.2) is 11.6 Å². The van der Waals surface area contributed by atoms with E-state index in [0.717, 1.165) is 17.8 Å². The molecule has 2 aromatic carbocycles. The van der Waals surface area contributed by atoms with E-state index in [-0.39, 0.29) is 24.8 Å². The summed E-state index contributed by atoms with van der Waals surface area (Å²) in [7, 11) is 0. The van der Waals surface area contributed by atoms with Crippen molar-refractivity contribution in [2.75, 3.05) is 11.6 Å². The zero-order valence-electron chi connectivity index (χ0n) is 16.5. The number of hydrogen-bond donors (Lipinski definition) is 1. The number of ether oxygens (including phenoxy) is 1. The third-order valence-corrected chi connectivity index (χ3v) is 5.20. The van der Waals surface area contributed by atoms with Gasteiger partial charge >= 0.3 is 5.97 Å². The summed E-state index contributed by atoms with van der Waals surface area (Å²) in [5.41, 5.74) is 3.10. The Kier molecular flexibility index (Phi) is 6.75. The fraction of sp³-hybridized carbons (Fsp3) is 0.364. The van der Waals surface area contributed by atoms with Gasteiger partial charge in [-0.25, -0.2) is 4.39 Å². The van der Waals surface area contributed by atoms with Crippen molar-refractivity contribution in [3.63, 3.8) is 0 Å². The number of rotatable bonds is 8. The number of nitrogens with zero attached hydrogens (tertiary/aromatic N) is 2. The van der Waals surface area contributed by atoms with Gasteiger partial charge in [0.2, 0.25) is 0 Å². The van der Waals surface area contributed by atoms with Gasteiger partial charge in [0.05, 0.1) is 11.7 Å². The van der Waals surface area contributed by atoms with Gasteiger partial charge in [-0.1, -0.05) is 24.6 Å². The lowest BCUT2D eigenvalue weighted by molar-refractivity contribution is -0.136. The molecule has 5 nitrogen and oxygen atoms in total. The summed E-state index contributed by atoms with van der Waals surface area (Å²) in [6.07, 6.45) is 1.47. The zero-order chi connectivity index (χ0) is 21.0. The number of anilines is 1. The summed E-state index contributed by atoms with van der Waals surface area (Å²) in [6, 6.07) is 10.7. The van der Waals surface area contributed by atoms with Crippen LogP contribution in [-0.4, -0.2) is 29.4 Å². The van der Waals surface area contributed by atoms with Gasteiger partial charge in [-0.05, 0) is 61.2 Å². The van der Waals surface area contributed by atoms with Crippen LogP contribution in [0.25, 0.3) is 0 Å². The van der Waals surface area contributed by atoms with E-state index in [1.165, 1.54) is 0 Å². The predicted molar refractivity (Wildman–Crippen MR) is 113 cm³/mol. The second-order valence-corrected chi connectivity index (χ2v) is 7.52. The number of hydrogen-bond acceptors (Lipinski definition) is 4. The minimum absolute atomic E-state index is 0.0264. The number of carboxylic acids is 1. The molecule has 3 rings (SSSR count). The molecule has 0 radical (unpaired) electrons. The molecule has 0 amide bonds. The smallest absolute Gasteiger partial charge is 0.303 e. The van der Waals surface area contributed by atoms with E-state index >= 15 is 0 Å². The van der Waals surface area contributed by atoms with Crippen molar-refractivity contribution >= 4 is 29.0 Å². The van der Waals surface area contributed by atoms with Gasteiger partial charge < -0.3 is 9.84 Å². The molecule has 0 bridgehead atoms. The Bertz CT molecular complexity index is 915. The van der Waals surface area contributed by atoms with Crippen LogP contribution in [0.2, 0.25) is 5.02 Å². The van der Waals surface area contributed by atoms with Crippen molar-refractivity contribution in [2.24, 2.45) is 5.10 Å². The molecular formula is C22H24ClFN2O3. The monoisotopic (exact) mass is 418 g/mol. The van der Waals surface area contributed by atoms with Gasteiger partial charge in [-0.15, -0.1) is 0 Å². The Labute approximate surface area is 174 Å². The Balaban J connectivity index is 1.73. The highest BCUT2D eigenvalue weighted by molar-refractivity contribution is 6.30. The van der Waals surface area contributed by atoms with E-state index in [2.05, 4.69) is 5.10 Å². The van der Waals surface area contributed by atoms with Gasteiger partial charge in [0.25, 0.3) is 0 Å². The Morgan fingerprint density at radius 2 is 2.03 bits per heavy atom. The van der Waals surface area contributed by atoms with Gasteiger partial charge in [-0.2, -0.15) is 5.10 Å². The quantitative estimate of drug-likeness (QED) is 0.648. The van der Waals surface area contributed by atoms with Gasteiger partial charge in [0.1, 0.15) is 6.61 Å². The average molecular weight is 419 g/mol. The molecule has 0 saturated carbocycles. The average Bonchev–Trinajstić information content (AvgIpc) is 3.06. The van der Waals surface area contributed by atoms with Crippen LogP contribution in [0, 0.1) is 5.82 Å². The number of aryl methyl sites for hydroxylation is 1. The maximum absolute atomic E-state index is 14.9. The van der Waals surface area contributed by atoms with E-state index in [1.54, 1.807) is 24.3 Å². The van der Waals surface area contributed by atoms with Crippen LogP contribution in [0.5, 0.6) is 5.75 Å². The van der Waals surface area contributed by atoms with Crippen molar-refractivity contribution in [3.8, 4) is 5.75 Å². The summed E-state index contributed by atoms with van der Waals surface area (Å²) in [5.74, 6) is -1.13. The molecule has 1 aliphatic heterocycles. The lowest BCUT2D eigenvalue weighted by atomic mass is 10.00. The normalized spacial score (nSPS) is 16.1. The van der Waals surface area contributed by atoms with Gasteiger partial charge in [-0.3, -0.25) is 9.80 Å². The predicted octanol–water partition coefficient (Wildman–Crippen LogP) is 5.09. The molecular weight excluding hydrogens is 395 g/mol. The summed E-state index contributed by atoms with van der Waals surface area (Å²) in [6.45, 7) is 4.08. The SMILES string of the molecule is CCc1c(CCC(=O)O)ccc(OCC2CC(C)=NN2c2ccc(Cl)cc2)c1F. The lowest BCUT2D eigenvalue weighted by Gasteiger charge is -2.24. The van der Waals surface area contributed by atoms with E-state index in [1.807, 2.05) is 31.0 Å². The third kappa shape index (κ3) is 5.07. The molecule has 154 valence electrons. The van der Waals surface area contributed by atoms with E-state index in [9.17, 15) is 9.18 Å². The fourth-order valence-corrected chi connectivity index (χ4v) is 3.65. The molecule has 0 saturated heterocycles. The number of carbonyl (C=O) groups is 1. The number of hydrazone groups is 1. The number of aliphatic carboxylic acids is 1. The van der Waals surface area contributed by atoms with Crippen molar-refractivity contribution in [1.82, 2.24) is 0 Å². The van der Waals surface area contributed by atoms with Crippen LogP contribution in [-0.2, 0) is 17.6 Å². The molecule has 1 N–H and O–H groups in total. The minimum Gasteiger partial charge on any atom is -0.488 e. The van der Waals surface area contributed by atoms with E-state index in [4.69, 9.17) is 21.4 Å². The topological polar surface area (TPSA) is 62.1 Å². The highest BCUT2D eigenvalue weighted by Crippen LogP contribution is 2.29. The molecule has 1 atom stereocenters. The fourth-order valence-electron chi connectivity index (χ4n) is 3.52. The molecule has 1 aliphatic rings. The number of carboxylic acid groups (broad SMARTS) is 1. The Morgan fingerprint density at radius 3 is 2.69 bits per heavy atom. The summed E-state index contributed by atoms with van der Waals surface area (Å²) in [4.78, 5) is 10.8.